The van der Waals surface area contributed by atoms with Gasteiger partial charge < -0.3 is 36.9 Å². The third kappa shape index (κ3) is 8.17. The first-order valence-corrected chi connectivity index (χ1v) is 11.0. The summed E-state index contributed by atoms with van der Waals surface area (Å²) in [4.78, 5) is 55.9. The number of rotatable bonds is 13. The van der Waals surface area contributed by atoms with E-state index in [4.69, 9.17) is 10.8 Å². The van der Waals surface area contributed by atoms with Crippen LogP contribution in [0.5, 0.6) is 0 Å². The Morgan fingerprint density at radius 3 is 2.15 bits per heavy atom. The van der Waals surface area contributed by atoms with Crippen molar-refractivity contribution >= 4 is 36.3 Å². The maximum absolute atomic E-state index is 12.9. The van der Waals surface area contributed by atoms with E-state index in [9.17, 15) is 24.3 Å². The van der Waals surface area contributed by atoms with Crippen LogP contribution in [0.1, 0.15) is 11.3 Å². The Kier molecular flexibility index (Phi) is 10.5. The molecule has 0 aliphatic rings. The van der Waals surface area contributed by atoms with Crippen LogP contribution in [0.25, 0.3) is 0 Å². The van der Waals surface area contributed by atoms with Crippen LogP contribution in [0.15, 0.2) is 42.9 Å². The van der Waals surface area contributed by atoms with Gasteiger partial charge in [-0.1, -0.05) is 30.3 Å². The number of aromatic nitrogens is 2. The van der Waals surface area contributed by atoms with E-state index in [1.165, 1.54) is 12.5 Å². The zero-order valence-electron chi connectivity index (χ0n) is 18.2. The lowest BCUT2D eigenvalue weighted by Gasteiger charge is -2.24. The Hall–Kier alpha value is -3.42. The molecule has 12 nitrogen and oxygen atoms in total. The zero-order chi connectivity index (χ0) is 25.1. The van der Waals surface area contributed by atoms with Crippen molar-refractivity contribution in [2.24, 2.45) is 5.73 Å². The summed E-state index contributed by atoms with van der Waals surface area (Å²) in [5, 5.41) is 25.7. The molecule has 34 heavy (non-hydrogen) atoms. The molecule has 0 unspecified atom stereocenters. The van der Waals surface area contributed by atoms with Gasteiger partial charge in [0.25, 0.3) is 0 Å². The van der Waals surface area contributed by atoms with Crippen molar-refractivity contribution in [3.8, 4) is 0 Å². The summed E-state index contributed by atoms with van der Waals surface area (Å²) in [7, 11) is 0. The number of aliphatic carboxylic acids is 1. The number of benzene rings is 1. The number of aliphatic hydroxyl groups is 1. The van der Waals surface area contributed by atoms with Gasteiger partial charge in [-0.2, -0.15) is 12.6 Å². The molecular weight excluding hydrogens is 464 g/mol. The fourth-order valence-corrected chi connectivity index (χ4v) is 3.23. The van der Waals surface area contributed by atoms with Crippen LogP contribution in [0.3, 0.4) is 0 Å². The van der Waals surface area contributed by atoms with Gasteiger partial charge in [0.05, 0.1) is 24.7 Å². The Bertz CT molecular complexity index is 958. The number of hydrogen-bond donors (Lipinski definition) is 8. The first-order valence-electron chi connectivity index (χ1n) is 10.4. The van der Waals surface area contributed by atoms with Crippen LogP contribution in [0.2, 0.25) is 0 Å². The van der Waals surface area contributed by atoms with E-state index < -0.39 is 54.5 Å². The molecule has 2 rings (SSSR count). The molecule has 1 aromatic heterocycles. The largest absolute Gasteiger partial charge is 0.480 e. The minimum Gasteiger partial charge on any atom is -0.480 e. The number of nitrogens with zero attached hydrogens (tertiary/aromatic N) is 1. The average molecular weight is 493 g/mol. The van der Waals surface area contributed by atoms with Gasteiger partial charge in [-0.05, 0) is 12.0 Å². The number of carbonyl (C=O) groups excluding carboxylic acids is 3. The fraction of sp³-hybridized carbons (Fsp3) is 0.381. The van der Waals surface area contributed by atoms with Gasteiger partial charge in [-0.3, -0.25) is 14.4 Å². The maximum atomic E-state index is 12.9. The standard InChI is InChI=1S/C21H28N6O6S/c22-14(6-12-4-2-1-3-5-12)18(29)25-15(7-13-8-23-11-24-13)19(30)26-16(9-28)20(31)27-17(10-34)21(32)33/h1-5,8,11,14-17,28,34H,6-7,9-10,22H2,(H,23,24)(H,25,29)(H,26,30)(H,27,31)(H,32,33)/t14-,15-,16-,17-/m0/s1. The molecule has 4 atom stereocenters. The summed E-state index contributed by atoms with van der Waals surface area (Å²) in [6.45, 7) is -0.799. The molecule has 0 saturated carbocycles. The minimum atomic E-state index is -1.45. The highest BCUT2D eigenvalue weighted by atomic mass is 32.1. The van der Waals surface area contributed by atoms with Gasteiger partial charge in [-0.25, -0.2) is 9.78 Å². The van der Waals surface area contributed by atoms with Gasteiger partial charge in [0.15, 0.2) is 0 Å². The predicted molar refractivity (Wildman–Crippen MR) is 125 cm³/mol. The molecule has 0 aliphatic carbocycles. The second-order valence-corrected chi connectivity index (χ2v) is 7.81. The second-order valence-electron chi connectivity index (χ2n) is 7.45. The number of amides is 3. The minimum absolute atomic E-state index is 0.0205. The molecule has 2 aromatic rings. The van der Waals surface area contributed by atoms with E-state index in [0.29, 0.717) is 5.69 Å². The van der Waals surface area contributed by atoms with E-state index in [1.54, 1.807) is 0 Å². The quantitative estimate of drug-likeness (QED) is 0.146. The Morgan fingerprint density at radius 1 is 0.971 bits per heavy atom. The molecule has 8 N–H and O–H groups in total. The summed E-state index contributed by atoms with van der Waals surface area (Å²) in [5.74, 6) is -3.80. The molecule has 0 radical (unpaired) electrons. The number of aromatic amines is 1. The Balaban J connectivity index is 2.09. The molecule has 0 fully saturated rings. The van der Waals surface area contributed by atoms with E-state index >= 15 is 0 Å². The van der Waals surface area contributed by atoms with Gasteiger partial charge in [0, 0.05) is 18.4 Å². The van der Waals surface area contributed by atoms with Crippen LogP contribution >= 0.6 is 12.6 Å². The van der Waals surface area contributed by atoms with Crippen LogP contribution in [-0.2, 0) is 32.0 Å². The van der Waals surface area contributed by atoms with Crippen molar-refractivity contribution in [3.05, 3.63) is 54.1 Å². The van der Waals surface area contributed by atoms with Crippen molar-refractivity contribution in [1.82, 2.24) is 25.9 Å². The summed E-state index contributed by atoms with van der Waals surface area (Å²) in [5.41, 5.74) is 7.31. The summed E-state index contributed by atoms with van der Waals surface area (Å²) in [6, 6.07) is 4.24. The average Bonchev–Trinajstić information content (AvgIpc) is 3.33. The second kappa shape index (κ2) is 13.3. The lowest BCUT2D eigenvalue weighted by Crippen LogP contribution is -2.58. The summed E-state index contributed by atoms with van der Waals surface area (Å²) in [6.07, 6.45) is 3.16. The van der Waals surface area contributed by atoms with Gasteiger partial charge in [-0.15, -0.1) is 0 Å². The van der Waals surface area contributed by atoms with Gasteiger partial charge in [0.2, 0.25) is 17.7 Å². The molecular formula is C21H28N6O6S. The smallest absolute Gasteiger partial charge is 0.327 e. The molecule has 1 aromatic carbocycles. The lowest BCUT2D eigenvalue weighted by molar-refractivity contribution is -0.142. The van der Waals surface area contributed by atoms with Crippen molar-refractivity contribution in [1.29, 1.82) is 0 Å². The Labute approximate surface area is 201 Å². The fourth-order valence-electron chi connectivity index (χ4n) is 2.98. The Morgan fingerprint density at radius 2 is 1.59 bits per heavy atom. The van der Waals surface area contributed by atoms with Crippen LogP contribution < -0.4 is 21.7 Å². The number of nitrogens with two attached hydrogens (primary N) is 1. The number of carbonyl (C=O) groups is 4. The zero-order valence-corrected chi connectivity index (χ0v) is 19.1. The van der Waals surface area contributed by atoms with Crippen LogP contribution in [0, 0.1) is 0 Å². The third-order valence-electron chi connectivity index (χ3n) is 4.85. The van der Waals surface area contributed by atoms with E-state index in [0.717, 1.165) is 5.56 Å². The highest BCUT2D eigenvalue weighted by molar-refractivity contribution is 7.80. The highest BCUT2D eigenvalue weighted by Gasteiger charge is 2.30. The number of imidazole rings is 1. The molecule has 184 valence electrons. The van der Waals surface area contributed by atoms with E-state index in [-0.39, 0.29) is 18.6 Å². The molecule has 0 saturated heterocycles. The number of carboxylic acids is 1. The summed E-state index contributed by atoms with van der Waals surface area (Å²) >= 11 is 3.86. The maximum Gasteiger partial charge on any atom is 0.327 e. The number of carboxylic acid groups (broad SMARTS) is 1. The molecule has 0 bridgehead atoms. The molecule has 13 heteroatoms. The molecule has 0 aliphatic heterocycles. The predicted octanol–water partition coefficient (Wildman–Crippen LogP) is -2.02. The van der Waals surface area contributed by atoms with Crippen LogP contribution in [-0.4, -0.2) is 80.4 Å². The number of hydrogen-bond acceptors (Lipinski definition) is 8. The topological polar surface area (TPSA) is 200 Å². The van der Waals surface area contributed by atoms with E-state index in [1.807, 2.05) is 30.3 Å². The highest BCUT2D eigenvalue weighted by Crippen LogP contribution is 2.04. The SMILES string of the molecule is N[C@@H](Cc1ccccc1)C(=O)N[C@@H](Cc1c[nH]cn1)C(=O)N[C@@H](CO)C(=O)N[C@@H](CS)C(=O)O. The molecule has 0 spiro atoms. The monoisotopic (exact) mass is 492 g/mol. The van der Waals surface area contributed by atoms with Crippen molar-refractivity contribution < 1.29 is 29.4 Å². The van der Waals surface area contributed by atoms with E-state index in [2.05, 4.69) is 38.5 Å². The third-order valence-corrected chi connectivity index (χ3v) is 5.21. The first-order chi connectivity index (χ1) is 16.2. The lowest BCUT2D eigenvalue weighted by atomic mass is 10.0. The normalized spacial score (nSPS) is 14.3. The molecule has 1 heterocycles. The summed E-state index contributed by atoms with van der Waals surface area (Å²) < 4.78 is 0. The van der Waals surface area contributed by atoms with Crippen molar-refractivity contribution in [2.45, 2.75) is 37.0 Å². The number of aliphatic hydroxyl groups excluding tert-OH is 1. The van der Waals surface area contributed by atoms with Crippen molar-refractivity contribution in [3.63, 3.8) is 0 Å². The first kappa shape index (κ1) is 26.8. The van der Waals surface area contributed by atoms with Crippen LogP contribution in [0.4, 0.5) is 0 Å². The number of H-pyrrole nitrogens is 1. The van der Waals surface area contributed by atoms with Gasteiger partial charge >= 0.3 is 5.97 Å². The van der Waals surface area contributed by atoms with Gasteiger partial charge in [0.1, 0.15) is 18.1 Å². The number of thiol groups is 1. The number of nitrogens with one attached hydrogen (secondary N) is 4. The van der Waals surface area contributed by atoms with Crippen molar-refractivity contribution in [2.75, 3.05) is 12.4 Å². The molecule has 3 amide bonds.